The molecular formula is C15H24O2. The van der Waals surface area contributed by atoms with E-state index in [1.165, 1.54) is 0 Å². The van der Waals surface area contributed by atoms with Crippen LogP contribution in [0.1, 0.15) is 47.0 Å². The Morgan fingerprint density at radius 3 is 2.59 bits per heavy atom. The summed E-state index contributed by atoms with van der Waals surface area (Å²) >= 11 is 0. The van der Waals surface area contributed by atoms with Gasteiger partial charge in [-0.2, -0.15) is 0 Å². The predicted molar refractivity (Wildman–Crippen MR) is 68.6 cm³/mol. The lowest BCUT2D eigenvalue weighted by Crippen LogP contribution is -2.53. The summed E-state index contributed by atoms with van der Waals surface area (Å²) in [4.78, 5) is 12.4. The monoisotopic (exact) mass is 236 g/mol. The topological polar surface area (TPSA) is 37.3 Å². The number of carbonyl (C=O) groups is 1. The molecule has 0 bridgehead atoms. The maximum atomic E-state index is 12.4. The highest BCUT2D eigenvalue weighted by atomic mass is 16.3. The first-order valence-corrected chi connectivity index (χ1v) is 6.66. The molecule has 3 atom stereocenters. The van der Waals surface area contributed by atoms with E-state index in [-0.39, 0.29) is 35.1 Å². The van der Waals surface area contributed by atoms with Gasteiger partial charge in [-0.05, 0) is 36.7 Å². The fraction of sp³-hybridized carbons (Fsp3) is 0.800. The van der Waals surface area contributed by atoms with E-state index >= 15 is 0 Å². The zero-order chi connectivity index (χ0) is 12.8. The molecular weight excluding hydrogens is 212 g/mol. The van der Waals surface area contributed by atoms with Crippen molar-refractivity contribution in [2.24, 2.45) is 22.7 Å². The number of allylic oxidation sites excluding steroid dienone is 1. The van der Waals surface area contributed by atoms with Crippen LogP contribution in [-0.4, -0.2) is 17.5 Å². The van der Waals surface area contributed by atoms with Crippen LogP contribution in [0.3, 0.4) is 0 Å². The van der Waals surface area contributed by atoms with Crippen molar-refractivity contribution in [2.45, 2.75) is 47.0 Å². The van der Waals surface area contributed by atoms with Crippen LogP contribution in [0, 0.1) is 22.7 Å². The molecule has 0 saturated heterocycles. The first-order chi connectivity index (χ1) is 7.83. The van der Waals surface area contributed by atoms with Gasteiger partial charge in [0.2, 0.25) is 0 Å². The fourth-order valence-corrected chi connectivity index (χ4v) is 4.47. The van der Waals surface area contributed by atoms with Crippen molar-refractivity contribution in [3.05, 3.63) is 11.6 Å². The van der Waals surface area contributed by atoms with E-state index in [1.54, 1.807) is 6.08 Å². The number of aliphatic hydroxyl groups excluding tert-OH is 1. The van der Waals surface area contributed by atoms with Crippen molar-refractivity contribution in [3.8, 4) is 0 Å². The molecule has 1 N–H and O–H groups in total. The fourth-order valence-electron chi connectivity index (χ4n) is 4.47. The number of hydrogen-bond acceptors (Lipinski definition) is 2. The predicted octanol–water partition coefficient (Wildman–Crippen LogP) is 2.96. The van der Waals surface area contributed by atoms with Crippen molar-refractivity contribution < 1.29 is 9.90 Å². The van der Waals surface area contributed by atoms with Gasteiger partial charge in [-0.25, -0.2) is 0 Å². The zero-order valence-corrected chi connectivity index (χ0v) is 11.4. The van der Waals surface area contributed by atoms with Gasteiger partial charge in [-0.3, -0.25) is 4.79 Å². The molecule has 2 heteroatoms. The number of rotatable bonds is 1. The van der Waals surface area contributed by atoms with Crippen LogP contribution < -0.4 is 0 Å². The molecule has 0 spiro atoms. The third-order valence-corrected chi connectivity index (χ3v) is 5.16. The van der Waals surface area contributed by atoms with Crippen molar-refractivity contribution >= 4 is 5.78 Å². The molecule has 2 aliphatic carbocycles. The SMILES string of the molecule is CC1=CC(=O)[C@H]2C(C)(C)CCC[C@]2(C)[C@H]1CO. The van der Waals surface area contributed by atoms with Crippen LogP contribution in [-0.2, 0) is 4.79 Å². The van der Waals surface area contributed by atoms with E-state index in [9.17, 15) is 9.90 Å². The van der Waals surface area contributed by atoms with Crippen molar-refractivity contribution in [1.29, 1.82) is 0 Å². The van der Waals surface area contributed by atoms with Gasteiger partial charge in [0.1, 0.15) is 0 Å². The van der Waals surface area contributed by atoms with Gasteiger partial charge in [-0.1, -0.05) is 32.8 Å². The van der Waals surface area contributed by atoms with Crippen LogP contribution >= 0.6 is 0 Å². The van der Waals surface area contributed by atoms with Crippen molar-refractivity contribution in [3.63, 3.8) is 0 Å². The summed E-state index contributed by atoms with van der Waals surface area (Å²) in [6.07, 6.45) is 5.12. The quantitative estimate of drug-likeness (QED) is 0.760. The molecule has 2 aliphatic rings. The number of carbonyl (C=O) groups excluding carboxylic acids is 1. The Morgan fingerprint density at radius 1 is 1.35 bits per heavy atom. The third kappa shape index (κ3) is 1.77. The van der Waals surface area contributed by atoms with Gasteiger partial charge < -0.3 is 5.11 Å². The van der Waals surface area contributed by atoms with Gasteiger partial charge in [0, 0.05) is 11.8 Å². The summed E-state index contributed by atoms with van der Waals surface area (Å²) in [6.45, 7) is 8.76. The van der Waals surface area contributed by atoms with Gasteiger partial charge in [-0.15, -0.1) is 0 Å². The zero-order valence-electron chi connectivity index (χ0n) is 11.4. The lowest BCUT2D eigenvalue weighted by atomic mass is 9.48. The minimum Gasteiger partial charge on any atom is -0.396 e. The van der Waals surface area contributed by atoms with Crippen LogP contribution in [0.15, 0.2) is 11.6 Å². The molecule has 0 aliphatic heterocycles. The molecule has 0 amide bonds. The minimum atomic E-state index is -0.0492. The molecule has 96 valence electrons. The van der Waals surface area contributed by atoms with E-state index in [4.69, 9.17) is 0 Å². The second-order valence-electron chi connectivity index (χ2n) is 6.81. The van der Waals surface area contributed by atoms with E-state index in [2.05, 4.69) is 20.8 Å². The highest BCUT2D eigenvalue weighted by Crippen LogP contribution is 2.58. The smallest absolute Gasteiger partial charge is 0.159 e. The van der Waals surface area contributed by atoms with Crippen LogP contribution in [0.4, 0.5) is 0 Å². The van der Waals surface area contributed by atoms with Crippen LogP contribution in [0.5, 0.6) is 0 Å². The number of hydrogen-bond donors (Lipinski definition) is 1. The van der Waals surface area contributed by atoms with Gasteiger partial charge >= 0.3 is 0 Å². The van der Waals surface area contributed by atoms with Crippen molar-refractivity contribution in [2.75, 3.05) is 6.61 Å². The Labute approximate surface area is 104 Å². The summed E-state index contributed by atoms with van der Waals surface area (Å²) < 4.78 is 0. The first-order valence-electron chi connectivity index (χ1n) is 6.66. The highest BCUT2D eigenvalue weighted by molar-refractivity contribution is 5.94. The molecule has 0 radical (unpaired) electrons. The second-order valence-corrected chi connectivity index (χ2v) is 6.81. The Hall–Kier alpha value is -0.630. The average molecular weight is 236 g/mol. The maximum Gasteiger partial charge on any atom is 0.159 e. The van der Waals surface area contributed by atoms with E-state index in [1.807, 2.05) is 6.92 Å². The Balaban J connectivity index is 2.51. The second kappa shape index (κ2) is 3.94. The third-order valence-electron chi connectivity index (χ3n) is 5.16. The Bertz CT molecular complexity index is 367. The molecule has 0 unspecified atom stereocenters. The molecule has 2 rings (SSSR count). The number of aliphatic hydroxyl groups is 1. The maximum absolute atomic E-state index is 12.4. The summed E-state index contributed by atoms with van der Waals surface area (Å²) in [5.74, 6) is 0.508. The lowest BCUT2D eigenvalue weighted by Gasteiger charge is -2.55. The van der Waals surface area contributed by atoms with E-state index in [0.717, 1.165) is 24.8 Å². The highest BCUT2D eigenvalue weighted by Gasteiger charge is 2.55. The summed E-state index contributed by atoms with van der Waals surface area (Å²) in [7, 11) is 0. The number of fused-ring (bicyclic) bond motifs is 1. The number of ketones is 1. The van der Waals surface area contributed by atoms with Gasteiger partial charge in [0.15, 0.2) is 5.78 Å². The normalized spacial score (nSPS) is 40.8. The standard InChI is InChI=1S/C15H24O2/c1-10-8-12(17)13-14(2,3)6-5-7-15(13,4)11(10)9-16/h8,11,13,16H,5-7,9H2,1-4H3/t11-,13-,15+/m0/s1. The summed E-state index contributed by atoms with van der Waals surface area (Å²) in [6, 6.07) is 0. The molecule has 0 aromatic rings. The summed E-state index contributed by atoms with van der Waals surface area (Å²) in [5, 5.41) is 9.67. The minimum absolute atomic E-state index is 0.0492. The molecule has 1 saturated carbocycles. The molecule has 0 aromatic heterocycles. The van der Waals surface area contributed by atoms with Crippen molar-refractivity contribution in [1.82, 2.24) is 0 Å². The molecule has 2 nitrogen and oxygen atoms in total. The average Bonchev–Trinajstić information content (AvgIpc) is 2.14. The lowest BCUT2D eigenvalue weighted by molar-refractivity contribution is -0.137. The van der Waals surface area contributed by atoms with Gasteiger partial charge in [0.25, 0.3) is 0 Å². The molecule has 1 fully saturated rings. The first kappa shape index (κ1) is 12.8. The van der Waals surface area contributed by atoms with E-state index < -0.39 is 0 Å². The van der Waals surface area contributed by atoms with Crippen LogP contribution in [0.2, 0.25) is 0 Å². The Morgan fingerprint density at radius 2 is 2.00 bits per heavy atom. The molecule has 0 aromatic carbocycles. The molecule has 0 heterocycles. The van der Waals surface area contributed by atoms with Gasteiger partial charge in [0.05, 0.1) is 6.61 Å². The largest absolute Gasteiger partial charge is 0.396 e. The summed E-state index contributed by atoms with van der Waals surface area (Å²) in [5.41, 5.74) is 1.08. The Kier molecular flexibility index (Phi) is 2.97. The van der Waals surface area contributed by atoms with Crippen LogP contribution in [0.25, 0.3) is 0 Å². The van der Waals surface area contributed by atoms with E-state index in [0.29, 0.717) is 0 Å². The molecule has 17 heavy (non-hydrogen) atoms.